The Balaban J connectivity index is 1.95. The highest BCUT2D eigenvalue weighted by Crippen LogP contribution is 2.43. The molecule has 1 aromatic carbocycles. The van der Waals surface area contributed by atoms with Gasteiger partial charge in [0.1, 0.15) is 17.2 Å². The summed E-state index contributed by atoms with van der Waals surface area (Å²) < 4.78 is 12.6. The molecule has 3 heterocycles. The van der Waals surface area contributed by atoms with Gasteiger partial charge in [0.2, 0.25) is 6.79 Å². The molecular formula is C15H12ClN3O2. The lowest BCUT2D eigenvalue weighted by atomic mass is 10.1. The molecule has 1 aliphatic heterocycles. The SMILES string of the molecule is Cc1ccc2nc(-c3cc(Cl)c4c(c3)OCO4)c(N)n2c1. The highest BCUT2D eigenvalue weighted by atomic mass is 35.5. The number of hydrogen-bond donors (Lipinski definition) is 1. The summed E-state index contributed by atoms with van der Waals surface area (Å²) in [5.74, 6) is 1.76. The van der Waals surface area contributed by atoms with Gasteiger partial charge in [-0.1, -0.05) is 17.7 Å². The number of aromatic nitrogens is 2. The second-order valence-corrected chi connectivity index (χ2v) is 5.38. The normalized spacial score (nSPS) is 13.0. The highest BCUT2D eigenvalue weighted by Gasteiger charge is 2.21. The molecule has 0 spiro atoms. The summed E-state index contributed by atoms with van der Waals surface area (Å²) in [7, 11) is 0. The van der Waals surface area contributed by atoms with Gasteiger partial charge in [-0.2, -0.15) is 0 Å². The predicted octanol–water partition coefficient (Wildman–Crippen LogP) is 3.27. The molecule has 0 radical (unpaired) electrons. The third-order valence-corrected chi connectivity index (χ3v) is 3.78. The summed E-state index contributed by atoms with van der Waals surface area (Å²) in [5.41, 5.74) is 9.62. The number of imidazole rings is 1. The van der Waals surface area contributed by atoms with Crippen LogP contribution < -0.4 is 15.2 Å². The van der Waals surface area contributed by atoms with Gasteiger partial charge >= 0.3 is 0 Å². The van der Waals surface area contributed by atoms with E-state index < -0.39 is 0 Å². The summed E-state index contributed by atoms with van der Waals surface area (Å²) >= 11 is 6.22. The molecule has 21 heavy (non-hydrogen) atoms. The van der Waals surface area contributed by atoms with E-state index in [9.17, 15) is 0 Å². The third kappa shape index (κ3) is 1.81. The smallest absolute Gasteiger partial charge is 0.231 e. The van der Waals surface area contributed by atoms with Crippen LogP contribution in [0.15, 0.2) is 30.5 Å². The Labute approximate surface area is 125 Å². The van der Waals surface area contributed by atoms with Crippen LogP contribution in [0.25, 0.3) is 16.9 Å². The fourth-order valence-corrected chi connectivity index (χ4v) is 2.75. The van der Waals surface area contributed by atoms with E-state index >= 15 is 0 Å². The Bertz CT molecular complexity index is 873. The van der Waals surface area contributed by atoms with Gasteiger partial charge in [0.05, 0.1) is 5.02 Å². The first-order valence-electron chi connectivity index (χ1n) is 6.47. The molecule has 0 bridgehead atoms. The molecule has 0 saturated heterocycles. The molecule has 106 valence electrons. The Kier molecular flexibility index (Phi) is 2.53. The molecule has 0 amide bonds. The number of fused-ring (bicyclic) bond motifs is 2. The zero-order valence-corrected chi connectivity index (χ0v) is 12.0. The van der Waals surface area contributed by atoms with E-state index in [1.807, 2.05) is 35.7 Å². The molecule has 1 aliphatic rings. The van der Waals surface area contributed by atoms with Crippen LogP contribution >= 0.6 is 11.6 Å². The molecule has 2 aromatic heterocycles. The van der Waals surface area contributed by atoms with Crippen molar-refractivity contribution in [2.75, 3.05) is 12.5 Å². The minimum absolute atomic E-state index is 0.179. The van der Waals surface area contributed by atoms with E-state index in [2.05, 4.69) is 4.98 Å². The van der Waals surface area contributed by atoms with Crippen molar-refractivity contribution in [3.63, 3.8) is 0 Å². The quantitative estimate of drug-likeness (QED) is 0.749. The lowest BCUT2D eigenvalue weighted by Gasteiger charge is -2.04. The molecule has 2 N–H and O–H groups in total. The number of aryl methyl sites for hydroxylation is 1. The number of nitrogens with zero attached hydrogens (tertiary/aromatic N) is 2. The van der Waals surface area contributed by atoms with Crippen molar-refractivity contribution in [2.45, 2.75) is 6.92 Å². The minimum atomic E-state index is 0.179. The van der Waals surface area contributed by atoms with Crippen molar-refractivity contribution in [1.29, 1.82) is 0 Å². The number of pyridine rings is 1. The molecule has 5 nitrogen and oxygen atoms in total. The van der Waals surface area contributed by atoms with Crippen molar-refractivity contribution in [1.82, 2.24) is 9.38 Å². The Morgan fingerprint density at radius 3 is 3.00 bits per heavy atom. The molecule has 0 aliphatic carbocycles. The largest absolute Gasteiger partial charge is 0.454 e. The zero-order chi connectivity index (χ0) is 14.6. The Morgan fingerprint density at radius 1 is 1.29 bits per heavy atom. The number of ether oxygens (including phenoxy) is 2. The first kappa shape index (κ1) is 12.3. The lowest BCUT2D eigenvalue weighted by molar-refractivity contribution is 0.174. The summed E-state index contributed by atoms with van der Waals surface area (Å²) in [5, 5.41) is 0.493. The van der Waals surface area contributed by atoms with Crippen molar-refractivity contribution in [2.24, 2.45) is 0 Å². The maximum absolute atomic E-state index is 6.22. The summed E-state index contributed by atoms with van der Waals surface area (Å²) in [6.45, 7) is 2.19. The van der Waals surface area contributed by atoms with E-state index in [0.29, 0.717) is 28.0 Å². The van der Waals surface area contributed by atoms with E-state index in [1.54, 1.807) is 6.07 Å². The first-order valence-corrected chi connectivity index (χ1v) is 6.85. The Hall–Kier alpha value is -2.40. The number of rotatable bonds is 1. The fraction of sp³-hybridized carbons (Fsp3) is 0.133. The van der Waals surface area contributed by atoms with Crippen LogP contribution in [-0.4, -0.2) is 16.2 Å². The topological polar surface area (TPSA) is 61.8 Å². The van der Waals surface area contributed by atoms with Gasteiger partial charge in [-0.3, -0.25) is 4.40 Å². The summed E-state index contributed by atoms with van der Waals surface area (Å²) in [6.07, 6.45) is 1.95. The monoisotopic (exact) mass is 301 g/mol. The Morgan fingerprint density at radius 2 is 2.14 bits per heavy atom. The summed E-state index contributed by atoms with van der Waals surface area (Å²) in [4.78, 5) is 4.57. The predicted molar refractivity (Wildman–Crippen MR) is 80.9 cm³/mol. The maximum atomic E-state index is 6.22. The molecule has 0 atom stereocenters. The van der Waals surface area contributed by atoms with E-state index in [1.165, 1.54) is 0 Å². The van der Waals surface area contributed by atoms with Crippen LogP contribution in [0.3, 0.4) is 0 Å². The van der Waals surface area contributed by atoms with Gasteiger partial charge in [0, 0.05) is 11.8 Å². The number of anilines is 1. The van der Waals surface area contributed by atoms with Crippen LogP contribution in [-0.2, 0) is 0 Å². The number of benzene rings is 1. The van der Waals surface area contributed by atoms with Crippen molar-refractivity contribution in [3.05, 3.63) is 41.0 Å². The third-order valence-electron chi connectivity index (χ3n) is 3.50. The van der Waals surface area contributed by atoms with Gasteiger partial charge in [0.25, 0.3) is 0 Å². The van der Waals surface area contributed by atoms with Gasteiger partial charge in [-0.05, 0) is 30.7 Å². The van der Waals surface area contributed by atoms with Crippen LogP contribution in [0, 0.1) is 6.92 Å². The number of nitrogens with two attached hydrogens (primary N) is 1. The number of nitrogen functional groups attached to an aromatic ring is 1. The second-order valence-electron chi connectivity index (χ2n) is 4.97. The van der Waals surface area contributed by atoms with Gasteiger partial charge in [0.15, 0.2) is 11.5 Å². The number of halogens is 1. The van der Waals surface area contributed by atoms with E-state index in [-0.39, 0.29) is 6.79 Å². The highest BCUT2D eigenvalue weighted by molar-refractivity contribution is 6.32. The molecule has 0 saturated carbocycles. The second kappa shape index (κ2) is 4.30. The first-order chi connectivity index (χ1) is 10.1. The number of hydrogen-bond acceptors (Lipinski definition) is 4. The molecule has 3 aromatic rings. The molecule has 0 unspecified atom stereocenters. The average molecular weight is 302 g/mol. The maximum Gasteiger partial charge on any atom is 0.231 e. The van der Waals surface area contributed by atoms with Gasteiger partial charge < -0.3 is 15.2 Å². The molecule has 6 heteroatoms. The van der Waals surface area contributed by atoms with Crippen molar-refractivity contribution >= 4 is 23.1 Å². The summed E-state index contributed by atoms with van der Waals surface area (Å²) in [6, 6.07) is 7.57. The van der Waals surface area contributed by atoms with E-state index in [0.717, 1.165) is 16.8 Å². The van der Waals surface area contributed by atoms with Gasteiger partial charge in [-0.15, -0.1) is 0 Å². The molecule has 0 fully saturated rings. The van der Waals surface area contributed by atoms with Gasteiger partial charge in [-0.25, -0.2) is 4.98 Å². The molecule has 4 rings (SSSR count). The van der Waals surface area contributed by atoms with Crippen LogP contribution in [0.4, 0.5) is 5.82 Å². The lowest BCUT2D eigenvalue weighted by Crippen LogP contribution is -1.94. The molecular weight excluding hydrogens is 290 g/mol. The van der Waals surface area contributed by atoms with E-state index in [4.69, 9.17) is 26.8 Å². The van der Waals surface area contributed by atoms with Crippen molar-refractivity contribution < 1.29 is 9.47 Å². The van der Waals surface area contributed by atoms with Crippen LogP contribution in [0.1, 0.15) is 5.56 Å². The average Bonchev–Trinajstić information content (AvgIpc) is 3.05. The zero-order valence-electron chi connectivity index (χ0n) is 11.3. The fourth-order valence-electron chi connectivity index (χ4n) is 2.49. The van der Waals surface area contributed by atoms with Crippen LogP contribution in [0.5, 0.6) is 11.5 Å². The minimum Gasteiger partial charge on any atom is -0.454 e. The standard InChI is InChI=1S/C15H12ClN3O2/c1-8-2-3-12-18-13(15(17)19(12)6-8)9-4-10(16)14-11(5-9)20-7-21-14/h2-6H,7,17H2,1H3. The van der Waals surface area contributed by atoms with Crippen LogP contribution in [0.2, 0.25) is 5.02 Å². The van der Waals surface area contributed by atoms with Crippen molar-refractivity contribution in [3.8, 4) is 22.8 Å².